The summed E-state index contributed by atoms with van der Waals surface area (Å²) in [4.78, 5) is 22.5. The van der Waals surface area contributed by atoms with E-state index in [9.17, 15) is 9.59 Å². The minimum atomic E-state index is -1.22. The van der Waals surface area contributed by atoms with Crippen molar-refractivity contribution in [2.75, 3.05) is 0 Å². The Morgan fingerprint density at radius 2 is 1.95 bits per heavy atom. The van der Waals surface area contributed by atoms with Crippen LogP contribution in [0.25, 0.3) is 0 Å². The van der Waals surface area contributed by atoms with Crippen molar-refractivity contribution in [3.8, 4) is 0 Å². The van der Waals surface area contributed by atoms with E-state index in [1.807, 2.05) is 0 Å². The molecule has 19 heavy (non-hydrogen) atoms. The second kappa shape index (κ2) is 6.03. The van der Waals surface area contributed by atoms with Crippen molar-refractivity contribution in [1.82, 2.24) is 25.7 Å². The van der Waals surface area contributed by atoms with E-state index in [0.717, 1.165) is 6.33 Å². The fourth-order valence-electron chi connectivity index (χ4n) is 1.14. The zero-order chi connectivity index (χ0) is 14.5. The van der Waals surface area contributed by atoms with Crippen LogP contribution in [0.2, 0.25) is 0 Å². The fourth-order valence-corrected chi connectivity index (χ4v) is 1.14. The molecule has 2 N–H and O–H groups in total. The molecule has 1 aromatic heterocycles. The number of amides is 1. The number of alkyl carbamates (subject to hydrolysis) is 1. The Morgan fingerprint density at radius 1 is 1.37 bits per heavy atom. The first-order chi connectivity index (χ1) is 8.78. The van der Waals surface area contributed by atoms with E-state index in [0.29, 0.717) is 0 Å². The molecule has 0 aliphatic heterocycles. The molecule has 0 radical (unpaired) electrons. The number of rotatable bonds is 4. The number of nitrogens with zero attached hydrogens (tertiary/aromatic N) is 4. The first kappa shape index (κ1) is 14.7. The van der Waals surface area contributed by atoms with Gasteiger partial charge in [0.05, 0.1) is 0 Å². The number of hydrogen-bond acceptors (Lipinski definition) is 7. The van der Waals surface area contributed by atoms with Crippen LogP contribution in [0.1, 0.15) is 26.6 Å². The van der Waals surface area contributed by atoms with Gasteiger partial charge in [-0.25, -0.2) is 9.59 Å². The van der Waals surface area contributed by atoms with Gasteiger partial charge in [0.15, 0.2) is 12.2 Å². The molecule has 0 aliphatic rings. The lowest BCUT2D eigenvalue weighted by atomic mass is 10.2. The van der Waals surface area contributed by atoms with Crippen LogP contribution in [0.4, 0.5) is 4.79 Å². The average Bonchev–Trinajstić information content (AvgIpc) is 2.26. The van der Waals surface area contributed by atoms with E-state index in [-0.39, 0.29) is 12.2 Å². The lowest BCUT2D eigenvalue weighted by Crippen LogP contribution is -2.45. The molecule has 1 aromatic rings. The highest BCUT2D eigenvalue weighted by atomic mass is 16.6. The summed E-state index contributed by atoms with van der Waals surface area (Å²) in [6.45, 7) is 5.03. The van der Waals surface area contributed by atoms with E-state index in [2.05, 4.69) is 25.7 Å². The maximum atomic E-state index is 11.5. The molecule has 0 saturated carbocycles. The second-order valence-corrected chi connectivity index (χ2v) is 4.70. The Morgan fingerprint density at radius 3 is 2.42 bits per heavy atom. The van der Waals surface area contributed by atoms with Gasteiger partial charge in [-0.05, 0) is 20.8 Å². The highest BCUT2D eigenvalue weighted by molar-refractivity contribution is 5.80. The molecule has 0 unspecified atom stereocenters. The quantitative estimate of drug-likeness (QED) is 0.768. The Kier molecular flexibility index (Phi) is 4.67. The number of aromatic nitrogens is 4. The van der Waals surface area contributed by atoms with Gasteiger partial charge in [0.25, 0.3) is 0 Å². The number of hydrogen-bond donors (Lipinski definition) is 2. The Balaban J connectivity index is 2.64. The molecule has 1 rings (SSSR count). The topological polar surface area (TPSA) is 127 Å². The second-order valence-electron chi connectivity index (χ2n) is 4.70. The minimum Gasteiger partial charge on any atom is -0.480 e. The molecule has 9 heteroatoms. The van der Waals surface area contributed by atoms with Crippen molar-refractivity contribution in [3.05, 3.63) is 12.2 Å². The standard InChI is InChI=1S/C10H15N5O4/c1-10(2,3)19-9(18)13-6(8(16)17)4-7-14-11-5-12-15-7/h5-6H,4H2,1-3H3,(H,13,18)(H,16,17)/t6-/m0/s1. The lowest BCUT2D eigenvalue weighted by molar-refractivity contribution is -0.139. The van der Waals surface area contributed by atoms with Crippen LogP contribution < -0.4 is 5.32 Å². The van der Waals surface area contributed by atoms with Gasteiger partial charge in [-0.2, -0.15) is 0 Å². The fraction of sp³-hybridized carbons (Fsp3) is 0.600. The summed E-state index contributed by atoms with van der Waals surface area (Å²) >= 11 is 0. The Bertz CT molecular complexity index is 445. The average molecular weight is 269 g/mol. The van der Waals surface area contributed by atoms with E-state index in [1.165, 1.54) is 0 Å². The third kappa shape index (κ3) is 5.70. The van der Waals surface area contributed by atoms with Crippen molar-refractivity contribution in [2.24, 2.45) is 0 Å². The van der Waals surface area contributed by atoms with Gasteiger partial charge in [-0.15, -0.1) is 20.4 Å². The van der Waals surface area contributed by atoms with E-state index in [1.54, 1.807) is 20.8 Å². The number of carboxylic acid groups (broad SMARTS) is 1. The van der Waals surface area contributed by atoms with Gasteiger partial charge in [0, 0.05) is 6.42 Å². The molecule has 0 fully saturated rings. The highest BCUT2D eigenvalue weighted by Crippen LogP contribution is 2.07. The van der Waals surface area contributed by atoms with E-state index >= 15 is 0 Å². The van der Waals surface area contributed by atoms with Crippen LogP contribution in [0, 0.1) is 0 Å². The molecule has 1 amide bonds. The third-order valence-corrected chi connectivity index (χ3v) is 1.83. The molecule has 0 aliphatic carbocycles. The molecule has 0 bridgehead atoms. The summed E-state index contributed by atoms with van der Waals surface area (Å²) in [5.74, 6) is -1.11. The van der Waals surface area contributed by atoms with Crippen molar-refractivity contribution in [2.45, 2.75) is 38.8 Å². The first-order valence-corrected chi connectivity index (χ1v) is 5.49. The van der Waals surface area contributed by atoms with Crippen LogP contribution >= 0.6 is 0 Å². The monoisotopic (exact) mass is 269 g/mol. The highest BCUT2D eigenvalue weighted by Gasteiger charge is 2.25. The summed E-state index contributed by atoms with van der Waals surface area (Å²) < 4.78 is 4.97. The SMILES string of the molecule is CC(C)(C)OC(=O)N[C@@H](Cc1nncnn1)C(=O)O. The smallest absolute Gasteiger partial charge is 0.408 e. The van der Waals surface area contributed by atoms with Gasteiger partial charge in [0.1, 0.15) is 11.6 Å². The lowest BCUT2D eigenvalue weighted by Gasteiger charge is -2.21. The van der Waals surface area contributed by atoms with E-state index < -0.39 is 23.7 Å². The minimum absolute atomic E-state index is 0.117. The number of carbonyl (C=O) groups is 2. The molecule has 1 heterocycles. The molecule has 104 valence electrons. The first-order valence-electron chi connectivity index (χ1n) is 5.49. The number of carbonyl (C=O) groups excluding carboxylic acids is 1. The predicted octanol–water partition coefficient (Wildman–Crippen LogP) is -0.213. The summed E-state index contributed by atoms with van der Waals surface area (Å²) in [6, 6.07) is -1.21. The van der Waals surface area contributed by atoms with Gasteiger partial charge in [-0.3, -0.25) is 0 Å². The summed E-state index contributed by atoms with van der Waals surface area (Å²) in [7, 11) is 0. The summed E-state index contributed by atoms with van der Waals surface area (Å²) in [5.41, 5.74) is -0.709. The molecule has 0 saturated heterocycles. The van der Waals surface area contributed by atoms with Crippen LogP contribution in [-0.4, -0.2) is 49.2 Å². The summed E-state index contributed by atoms with van der Waals surface area (Å²) in [5, 5.41) is 25.4. The number of aliphatic carboxylic acids is 1. The largest absolute Gasteiger partial charge is 0.480 e. The van der Waals surface area contributed by atoms with Gasteiger partial charge < -0.3 is 15.2 Å². The maximum Gasteiger partial charge on any atom is 0.408 e. The number of ether oxygens (including phenoxy) is 1. The molecule has 9 nitrogen and oxygen atoms in total. The van der Waals surface area contributed by atoms with E-state index in [4.69, 9.17) is 9.84 Å². The van der Waals surface area contributed by atoms with Crippen LogP contribution in [0.5, 0.6) is 0 Å². The molecular formula is C10H15N5O4. The Labute approximate surface area is 109 Å². The van der Waals surface area contributed by atoms with Crippen LogP contribution in [-0.2, 0) is 16.0 Å². The maximum absolute atomic E-state index is 11.5. The number of carboxylic acids is 1. The van der Waals surface area contributed by atoms with Gasteiger partial charge >= 0.3 is 12.1 Å². The Hall–Kier alpha value is -2.32. The zero-order valence-electron chi connectivity index (χ0n) is 10.8. The number of nitrogens with one attached hydrogen (secondary N) is 1. The van der Waals surface area contributed by atoms with Gasteiger partial charge in [0.2, 0.25) is 0 Å². The normalized spacial score (nSPS) is 12.6. The van der Waals surface area contributed by atoms with Crippen molar-refractivity contribution >= 4 is 12.1 Å². The van der Waals surface area contributed by atoms with Crippen molar-refractivity contribution in [3.63, 3.8) is 0 Å². The molecular weight excluding hydrogens is 254 g/mol. The van der Waals surface area contributed by atoms with Crippen molar-refractivity contribution < 1.29 is 19.4 Å². The third-order valence-electron chi connectivity index (χ3n) is 1.83. The van der Waals surface area contributed by atoms with Crippen molar-refractivity contribution in [1.29, 1.82) is 0 Å². The van der Waals surface area contributed by atoms with Crippen LogP contribution in [0.3, 0.4) is 0 Å². The predicted molar refractivity (Wildman–Crippen MR) is 62.1 cm³/mol. The van der Waals surface area contributed by atoms with Crippen LogP contribution in [0.15, 0.2) is 6.33 Å². The molecule has 0 aromatic carbocycles. The zero-order valence-corrected chi connectivity index (χ0v) is 10.8. The summed E-state index contributed by atoms with van der Waals surface area (Å²) in [6.07, 6.45) is 0.174. The molecule has 0 spiro atoms. The van der Waals surface area contributed by atoms with Gasteiger partial charge in [-0.1, -0.05) is 0 Å². The molecule has 1 atom stereocenters.